The van der Waals surface area contributed by atoms with Crippen molar-refractivity contribution in [1.82, 2.24) is 0 Å². The van der Waals surface area contributed by atoms with Crippen LogP contribution in [-0.4, -0.2) is 13.1 Å². The number of methoxy groups -OCH3 is 1. The Morgan fingerprint density at radius 3 is 2.68 bits per heavy atom. The maximum atomic E-state index is 13.6. The lowest BCUT2D eigenvalue weighted by Crippen LogP contribution is -2.00. The van der Waals surface area contributed by atoms with Crippen LogP contribution in [0.5, 0.6) is 0 Å². The minimum Gasteiger partial charge on any atom is -0.466 e. The molecule has 0 unspecified atom stereocenters. The van der Waals surface area contributed by atoms with Crippen molar-refractivity contribution in [2.24, 2.45) is 0 Å². The van der Waals surface area contributed by atoms with Gasteiger partial charge in [-0.15, -0.1) is 0 Å². The highest BCUT2D eigenvalue weighted by atomic mass is 79.9. The van der Waals surface area contributed by atoms with Crippen LogP contribution in [-0.2, 0) is 16.1 Å². The fourth-order valence-electron chi connectivity index (χ4n) is 1.85. The van der Waals surface area contributed by atoms with Crippen molar-refractivity contribution in [3.8, 4) is 0 Å². The van der Waals surface area contributed by atoms with Crippen molar-refractivity contribution in [3.63, 3.8) is 0 Å². The van der Waals surface area contributed by atoms with E-state index in [1.54, 1.807) is 6.07 Å². The van der Waals surface area contributed by atoms with Crippen LogP contribution in [0.1, 0.15) is 11.1 Å². The molecule has 2 rings (SSSR count). The van der Waals surface area contributed by atoms with E-state index in [9.17, 15) is 9.18 Å². The van der Waals surface area contributed by atoms with E-state index in [1.807, 2.05) is 24.3 Å². The van der Waals surface area contributed by atoms with Gasteiger partial charge in [0.15, 0.2) is 0 Å². The molecule has 0 amide bonds. The minimum atomic E-state index is -0.478. The van der Waals surface area contributed by atoms with Crippen LogP contribution in [0.15, 0.2) is 53.0 Å². The summed E-state index contributed by atoms with van der Waals surface area (Å²) in [7, 11) is 1.30. The molecule has 2 aromatic carbocycles. The van der Waals surface area contributed by atoms with Gasteiger partial charge in [-0.3, -0.25) is 0 Å². The van der Waals surface area contributed by atoms with Crippen LogP contribution in [0.25, 0.3) is 6.08 Å². The minimum absolute atomic E-state index is 0.370. The van der Waals surface area contributed by atoms with Crippen LogP contribution in [0.3, 0.4) is 0 Å². The number of esters is 1. The highest BCUT2D eigenvalue weighted by molar-refractivity contribution is 9.10. The van der Waals surface area contributed by atoms with Gasteiger partial charge in [0.2, 0.25) is 0 Å². The third-order valence-electron chi connectivity index (χ3n) is 2.94. The van der Waals surface area contributed by atoms with Crippen molar-refractivity contribution in [2.75, 3.05) is 12.4 Å². The molecule has 0 aliphatic heterocycles. The second-order valence-corrected chi connectivity index (χ2v) is 5.53. The van der Waals surface area contributed by atoms with Crippen molar-refractivity contribution in [2.45, 2.75) is 6.54 Å². The number of anilines is 1. The summed E-state index contributed by atoms with van der Waals surface area (Å²) in [5.74, 6) is -0.848. The summed E-state index contributed by atoms with van der Waals surface area (Å²) in [6.07, 6.45) is 2.77. The van der Waals surface area contributed by atoms with E-state index in [0.29, 0.717) is 17.8 Å². The molecule has 0 spiro atoms. The zero-order chi connectivity index (χ0) is 15.9. The maximum Gasteiger partial charge on any atom is 0.330 e. The summed E-state index contributed by atoms with van der Waals surface area (Å²) < 4.78 is 19.1. The topological polar surface area (TPSA) is 38.3 Å². The Bertz CT molecular complexity index is 684. The first-order chi connectivity index (χ1) is 10.6. The lowest BCUT2D eigenvalue weighted by atomic mass is 10.1. The molecule has 0 bridgehead atoms. The second kappa shape index (κ2) is 7.75. The number of carbonyl (C=O) groups excluding carboxylic acids is 1. The monoisotopic (exact) mass is 363 g/mol. The van der Waals surface area contributed by atoms with E-state index >= 15 is 0 Å². The van der Waals surface area contributed by atoms with Gasteiger partial charge < -0.3 is 10.1 Å². The zero-order valence-corrected chi connectivity index (χ0v) is 13.6. The predicted molar refractivity (Wildman–Crippen MR) is 88.9 cm³/mol. The van der Waals surface area contributed by atoms with Gasteiger partial charge in [-0.25, -0.2) is 9.18 Å². The van der Waals surface area contributed by atoms with Crippen molar-refractivity contribution < 1.29 is 13.9 Å². The quantitative estimate of drug-likeness (QED) is 0.632. The smallest absolute Gasteiger partial charge is 0.330 e. The van der Waals surface area contributed by atoms with Gasteiger partial charge in [0.1, 0.15) is 5.82 Å². The lowest BCUT2D eigenvalue weighted by Gasteiger charge is -2.08. The number of hydrogen-bond acceptors (Lipinski definition) is 3. The molecule has 5 heteroatoms. The van der Waals surface area contributed by atoms with Crippen LogP contribution in [0, 0.1) is 5.82 Å². The Hall–Kier alpha value is -2.14. The molecule has 0 radical (unpaired) electrons. The third-order valence-corrected chi connectivity index (χ3v) is 3.47. The number of halogens is 2. The number of ether oxygens (including phenoxy) is 1. The summed E-state index contributed by atoms with van der Waals surface area (Å²) >= 11 is 3.38. The molecular weight excluding hydrogens is 349 g/mol. The Morgan fingerprint density at radius 1 is 1.27 bits per heavy atom. The van der Waals surface area contributed by atoms with E-state index in [2.05, 4.69) is 26.0 Å². The van der Waals surface area contributed by atoms with E-state index < -0.39 is 5.97 Å². The van der Waals surface area contributed by atoms with Gasteiger partial charge in [-0.1, -0.05) is 28.1 Å². The van der Waals surface area contributed by atoms with E-state index in [4.69, 9.17) is 0 Å². The van der Waals surface area contributed by atoms with Crippen LogP contribution in [0.4, 0.5) is 10.1 Å². The fourth-order valence-corrected chi connectivity index (χ4v) is 2.11. The summed E-state index contributed by atoms with van der Waals surface area (Å²) in [6.45, 7) is 0.580. The molecule has 3 nitrogen and oxygen atoms in total. The van der Waals surface area contributed by atoms with Crippen molar-refractivity contribution >= 4 is 33.7 Å². The van der Waals surface area contributed by atoms with Crippen LogP contribution < -0.4 is 5.32 Å². The summed E-state index contributed by atoms with van der Waals surface area (Å²) in [6, 6.07) is 12.4. The number of benzene rings is 2. The summed E-state index contributed by atoms with van der Waals surface area (Å²) in [5.41, 5.74) is 2.32. The van der Waals surface area contributed by atoms with Crippen molar-refractivity contribution in [3.05, 3.63) is 70.0 Å². The Balaban J connectivity index is 2.07. The molecule has 1 N–H and O–H groups in total. The van der Waals surface area contributed by atoms with Gasteiger partial charge in [-0.2, -0.15) is 0 Å². The Kier molecular flexibility index (Phi) is 5.72. The molecule has 22 heavy (non-hydrogen) atoms. The standard InChI is InChI=1S/C17H15BrFNO2/c1-22-17(21)7-4-13-8-15(19)10-16(9-13)20-11-12-2-5-14(18)6-3-12/h2-10,20H,11H2,1H3/b7-4+. The molecule has 0 saturated heterocycles. The Morgan fingerprint density at radius 2 is 2.00 bits per heavy atom. The van der Waals surface area contributed by atoms with Gasteiger partial charge in [0, 0.05) is 22.8 Å². The van der Waals surface area contributed by atoms with Gasteiger partial charge in [0.25, 0.3) is 0 Å². The van der Waals surface area contributed by atoms with Crippen LogP contribution in [0.2, 0.25) is 0 Å². The Labute approximate surface area is 136 Å². The van der Waals surface area contributed by atoms with Crippen molar-refractivity contribution in [1.29, 1.82) is 0 Å². The summed E-state index contributed by atoms with van der Waals surface area (Å²) in [5, 5.41) is 3.16. The average Bonchev–Trinajstić information content (AvgIpc) is 2.51. The molecule has 0 fully saturated rings. The molecule has 0 saturated carbocycles. The number of nitrogens with one attached hydrogen (secondary N) is 1. The third kappa shape index (κ3) is 5.00. The van der Waals surface area contributed by atoms with E-state index in [-0.39, 0.29) is 5.82 Å². The number of carbonyl (C=O) groups is 1. The highest BCUT2D eigenvalue weighted by Crippen LogP contribution is 2.17. The molecule has 2 aromatic rings. The first kappa shape index (κ1) is 16.2. The largest absolute Gasteiger partial charge is 0.466 e. The first-order valence-electron chi connectivity index (χ1n) is 6.62. The number of rotatable bonds is 5. The lowest BCUT2D eigenvalue weighted by molar-refractivity contribution is -0.134. The molecule has 114 valence electrons. The molecule has 0 aromatic heterocycles. The molecule has 0 aliphatic rings. The fraction of sp³-hybridized carbons (Fsp3) is 0.118. The molecule has 0 atom stereocenters. The van der Waals surface area contributed by atoms with Crippen LogP contribution >= 0.6 is 15.9 Å². The average molecular weight is 364 g/mol. The summed E-state index contributed by atoms with van der Waals surface area (Å²) in [4.78, 5) is 11.1. The normalized spacial score (nSPS) is 10.7. The molecular formula is C17H15BrFNO2. The van der Waals surface area contributed by atoms with Gasteiger partial charge in [-0.05, 0) is 47.5 Å². The second-order valence-electron chi connectivity index (χ2n) is 4.61. The highest BCUT2D eigenvalue weighted by Gasteiger charge is 2.01. The molecule has 0 heterocycles. The van der Waals surface area contributed by atoms with E-state index in [1.165, 1.54) is 31.4 Å². The maximum absolute atomic E-state index is 13.6. The predicted octanol–water partition coefficient (Wildman–Crippen LogP) is 4.39. The zero-order valence-electron chi connectivity index (χ0n) is 12.0. The first-order valence-corrected chi connectivity index (χ1v) is 7.41. The van der Waals surface area contributed by atoms with Gasteiger partial charge in [0.05, 0.1) is 7.11 Å². The number of hydrogen-bond donors (Lipinski definition) is 1. The van der Waals surface area contributed by atoms with Gasteiger partial charge >= 0.3 is 5.97 Å². The van der Waals surface area contributed by atoms with E-state index in [0.717, 1.165) is 10.0 Å². The molecule has 0 aliphatic carbocycles. The SMILES string of the molecule is COC(=O)/C=C/c1cc(F)cc(NCc2ccc(Br)cc2)c1.